The molecule has 2 N–H and O–H groups in total. The third-order valence-electron chi connectivity index (χ3n) is 4.54. The molecule has 1 aromatic heterocycles. The third-order valence-corrected chi connectivity index (χ3v) is 4.54. The fourth-order valence-electron chi connectivity index (χ4n) is 3.17. The van der Waals surface area contributed by atoms with E-state index in [1.807, 2.05) is 37.4 Å². The van der Waals surface area contributed by atoms with Gasteiger partial charge in [-0.05, 0) is 37.5 Å². The van der Waals surface area contributed by atoms with Gasteiger partial charge in [0.15, 0.2) is 0 Å². The molecule has 0 spiro atoms. The van der Waals surface area contributed by atoms with Crippen molar-refractivity contribution < 1.29 is 9.90 Å². The van der Waals surface area contributed by atoms with E-state index in [1.165, 1.54) is 0 Å². The van der Waals surface area contributed by atoms with E-state index in [9.17, 15) is 9.90 Å². The van der Waals surface area contributed by atoms with Crippen molar-refractivity contribution in [2.45, 2.75) is 51.2 Å². The van der Waals surface area contributed by atoms with E-state index in [0.717, 1.165) is 49.3 Å². The van der Waals surface area contributed by atoms with Gasteiger partial charge in [0, 0.05) is 24.6 Å². The number of carbonyl (C=O) groups excluding carboxylic acids is 1. The van der Waals surface area contributed by atoms with E-state index >= 15 is 0 Å². The number of rotatable bonds is 5. The molecule has 3 rings (SSSR count). The van der Waals surface area contributed by atoms with Crippen molar-refractivity contribution in [1.82, 2.24) is 9.55 Å². The van der Waals surface area contributed by atoms with Crippen LogP contribution in [0.5, 0.6) is 0 Å². The minimum absolute atomic E-state index is 0.118. The summed E-state index contributed by atoms with van der Waals surface area (Å²) in [6, 6.07) is 7.80. The van der Waals surface area contributed by atoms with Gasteiger partial charge in [0.05, 0.1) is 12.0 Å². The molecular weight excluding hydrogens is 290 g/mol. The highest BCUT2D eigenvalue weighted by molar-refractivity contribution is 5.91. The van der Waals surface area contributed by atoms with Crippen LogP contribution in [0.3, 0.4) is 0 Å². The van der Waals surface area contributed by atoms with Crippen LogP contribution < -0.4 is 5.32 Å². The number of carbonyl (C=O) groups is 1. The molecule has 0 saturated heterocycles. The van der Waals surface area contributed by atoms with Crippen LogP contribution in [0.1, 0.15) is 43.5 Å². The molecule has 0 aliphatic heterocycles. The van der Waals surface area contributed by atoms with Crippen LogP contribution in [0.2, 0.25) is 0 Å². The number of aryl methyl sites for hydroxylation is 1. The van der Waals surface area contributed by atoms with Gasteiger partial charge in [-0.2, -0.15) is 0 Å². The van der Waals surface area contributed by atoms with Crippen molar-refractivity contribution in [3.8, 4) is 0 Å². The molecule has 1 aromatic carbocycles. The molecule has 1 amide bonds. The second-order valence-electron chi connectivity index (χ2n) is 6.46. The van der Waals surface area contributed by atoms with Gasteiger partial charge >= 0.3 is 0 Å². The average molecular weight is 313 g/mol. The molecule has 1 heterocycles. The standard InChI is InChI=1S/C18H23N3O2/c1-14-19-10-11-21(14)13-15-4-6-16(7-5-15)20-17(22)12-18(23)8-2-3-9-18/h4-7,10-11,23H,2-3,8-9,12-13H2,1H3,(H,20,22). The van der Waals surface area contributed by atoms with E-state index in [0.29, 0.717) is 0 Å². The predicted octanol–water partition coefficient (Wildman–Crippen LogP) is 2.87. The van der Waals surface area contributed by atoms with Crippen LogP contribution in [0.25, 0.3) is 0 Å². The van der Waals surface area contributed by atoms with Crippen molar-refractivity contribution in [2.24, 2.45) is 0 Å². The van der Waals surface area contributed by atoms with Crippen LogP contribution >= 0.6 is 0 Å². The zero-order chi connectivity index (χ0) is 16.3. The van der Waals surface area contributed by atoms with Gasteiger partial charge in [-0.15, -0.1) is 0 Å². The summed E-state index contributed by atoms with van der Waals surface area (Å²) in [6.45, 7) is 2.74. The molecule has 1 aliphatic rings. The maximum atomic E-state index is 12.1. The molecule has 23 heavy (non-hydrogen) atoms. The monoisotopic (exact) mass is 313 g/mol. The first kappa shape index (κ1) is 15.7. The molecule has 0 unspecified atom stereocenters. The summed E-state index contributed by atoms with van der Waals surface area (Å²) in [4.78, 5) is 16.3. The molecule has 5 nitrogen and oxygen atoms in total. The minimum Gasteiger partial charge on any atom is -0.389 e. The zero-order valence-electron chi connectivity index (χ0n) is 13.5. The Morgan fingerprint density at radius 1 is 1.30 bits per heavy atom. The second kappa shape index (κ2) is 6.54. The Morgan fingerprint density at radius 2 is 2.00 bits per heavy atom. The largest absolute Gasteiger partial charge is 0.389 e. The van der Waals surface area contributed by atoms with Gasteiger partial charge in [-0.1, -0.05) is 25.0 Å². The van der Waals surface area contributed by atoms with Crippen molar-refractivity contribution >= 4 is 11.6 Å². The lowest BCUT2D eigenvalue weighted by Gasteiger charge is -2.21. The molecule has 122 valence electrons. The molecule has 5 heteroatoms. The van der Waals surface area contributed by atoms with E-state index in [-0.39, 0.29) is 12.3 Å². The minimum atomic E-state index is -0.803. The number of anilines is 1. The summed E-state index contributed by atoms with van der Waals surface area (Å²) < 4.78 is 2.07. The Labute approximate surface area is 136 Å². The first-order chi connectivity index (χ1) is 11.0. The first-order valence-electron chi connectivity index (χ1n) is 8.13. The number of benzene rings is 1. The molecule has 0 bridgehead atoms. The highest BCUT2D eigenvalue weighted by atomic mass is 16.3. The fourth-order valence-corrected chi connectivity index (χ4v) is 3.17. The van der Waals surface area contributed by atoms with Gasteiger partial charge in [-0.3, -0.25) is 4.79 Å². The number of nitrogens with zero attached hydrogens (tertiary/aromatic N) is 2. The highest BCUT2D eigenvalue weighted by Crippen LogP contribution is 2.32. The number of amides is 1. The first-order valence-corrected chi connectivity index (χ1v) is 8.13. The normalized spacial score (nSPS) is 16.4. The Balaban J connectivity index is 1.57. The van der Waals surface area contributed by atoms with Crippen LogP contribution in [0.15, 0.2) is 36.7 Å². The molecule has 1 saturated carbocycles. The van der Waals surface area contributed by atoms with Gasteiger partial charge in [-0.25, -0.2) is 4.98 Å². The van der Waals surface area contributed by atoms with Crippen LogP contribution in [-0.4, -0.2) is 26.2 Å². The molecule has 2 aromatic rings. The lowest BCUT2D eigenvalue weighted by Crippen LogP contribution is -2.30. The maximum Gasteiger partial charge on any atom is 0.227 e. The number of nitrogens with one attached hydrogen (secondary N) is 1. The van der Waals surface area contributed by atoms with E-state index in [2.05, 4.69) is 14.9 Å². The van der Waals surface area contributed by atoms with Crippen LogP contribution in [0, 0.1) is 6.92 Å². The predicted molar refractivity (Wildman–Crippen MR) is 89.2 cm³/mol. The highest BCUT2D eigenvalue weighted by Gasteiger charge is 2.33. The average Bonchev–Trinajstić information content (AvgIpc) is 3.10. The lowest BCUT2D eigenvalue weighted by molar-refractivity contribution is -0.120. The zero-order valence-corrected chi connectivity index (χ0v) is 13.5. The number of aromatic nitrogens is 2. The van der Waals surface area contributed by atoms with Crippen molar-refractivity contribution in [3.05, 3.63) is 48.0 Å². The van der Waals surface area contributed by atoms with Gasteiger partial charge in [0.2, 0.25) is 5.91 Å². The smallest absolute Gasteiger partial charge is 0.227 e. The fraction of sp³-hybridized carbons (Fsp3) is 0.444. The molecular formula is C18H23N3O2. The SMILES string of the molecule is Cc1nccn1Cc1ccc(NC(=O)CC2(O)CCCC2)cc1. The summed E-state index contributed by atoms with van der Waals surface area (Å²) in [7, 11) is 0. The summed E-state index contributed by atoms with van der Waals surface area (Å²) >= 11 is 0. The van der Waals surface area contributed by atoms with Crippen molar-refractivity contribution in [3.63, 3.8) is 0 Å². The summed E-state index contributed by atoms with van der Waals surface area (Å²) in [5.41, 5.74) is 1.12. The summed E-state index contributed by atoms with van der Waals surface area (Å²) in [6.07, 6.45) is 7.39. The van der Waals surface area contributed by atoms with Crippen LogP contribution in [-0.2, 0) is 11.3 Å². The number of hydrogen-bond donors (Lipinski definition) is 2. The van der Waals surface area contributed by atoms with Crippen LogP contribution in [0.4, 0.5) is 5.69 Å². The third kappa shape index (κ3) is 3.99. The maximum absolute atomic E-state index is 12.1. The second-order valence-corrected chi connectivity index (χ2v) is 6.46. The molecule has 0 radical (unpaired) electrons. The topological polar surface area (TPSA) is 67.2 Å². The number of aliphatic hydroxyl groups is 1. The quantitative estimate of drug-likeness (QED) is 0.892. The summed E-state index contributed by atoms with van der Waals surface area (Å²) in [5.74, 6) is 0.861. The Kier molecular flexibility index (Phi) is 4.48. The van der Waals surface area contributed by atoms with Gasteiger partial charge in [0.1, 0.15) is 5.82 Å². The van der Waals surface area contributed by atoms with E-state index in [4.69, 9.17) is 0 Å². The Morgan fingerprint density at radius 3 is 2.61 bits per heavy atom. The lowest BCUT2D eigenvalue weighted by atomic mass is 9.97. The van der Waals surface area contributed by atoms with Gasteiger partial charge in [0.25, 0.3) is 0 Å². The Bertz CT molecular complexity index is 670. The molecule has 1 fully saturated rings. The number of hydrogen-bond acceptors (Lipinski definition) is 3. The van der Waals surface area contributed by atoms with E-state index in [1.54, 1.807) is 6.20 Å². The van der Waals surface area contributed by atoms with Crippen molar-refractivity contribution in [1.29, 1.82) is 0 Å². The van der Waals surface area contributed by atoms with Gasteiger partial charge < -0.3 is 15.0 Å². The summed E-state index contributed by atoms with van der Waals surface area (Å²) in [5, 5.41) is 13.2. The molecule has 1 aliphatic carbocycles. The molecule has 0 atom stereocenters. The van der Waals surface area contributed by atoms with E-state index < -0.39 is 5.60 Å². The number of imidazole rings is 1. The Hall–Kier alpha value is -2.14. The van der Waals surface area contributed by atoms with Crippen molar-refractivity contribution in [2.75, 3.05) is 5.32 Å².